The van der Waals surface area contributed by atoms with Crippen molar-refractivity contribution in [2.45, 2.75) is 71.6 Å². The van der Waals surface area contributed by atoms with Crippen LogP contribution in [-0.4, -0.2) is 39.8 Å². The summed E-state index contributed by atoms with van der Waals surface area (Å²) in [6.45, 7) is 9.23. The number of carbonyl (C=O) groups excluding carboxylic acids is 1. The highest BCUT2D eigenvalue weighted by Crippen LogP contribution is 2.50. The van der Waals surface area contributed by atoms with Gasteiger partial charge in [-0.05, 0) is 52.9 Å². The summed E-state index contributed by atoms with van der Waals surface area (Å²) in [5, 5.41) is 9.64. The van der Waals surface area contributed by atoms with Crippen LogP contribution in [0.2, 0.25) is 0 Å². The van der Waals surface area contributed by atoms with Gasteiger partial charge in [-0.1, -0.05) is 6.92 Å². The molecule has 4 atom stereocenters. The summed E-state index contributed by atoms with van der Waals surface area (Å²) in [7, 11) is 0. The lowest BCUT2D eigenvalue weighted by molar-refractivity contribution is -0.159. The van der Waals surface area contributed by atoms with E-state index in [1.807, 2.05) is 27.7 Å². The molecule has 5 heteroatoms. The van der Waals surface area contributed by atoms with E-state index in [-0.39, 0.29) is 24.1 Å². The zero-order chi connectivity index (χ0) is 15.3. The van der Waals surface area contributed by atoms with Crippen molar-refractivity contribution in [3.05, 3.63) is 0 Å². The first-order chi connectivity index (χ1) is 9.07. The highest BCUT2D eigenvalue weighted by molar-refractivity contribution is 5.78. The van der Waals surface area contributed by atoms with E-state index in [9.17, 15) is 14.7 Å². The molecule has 0 aromatic carbocycles. The van der Waals surface area contributed by atoms with Crippen molar-refractivity contribution >= 4 is 12.1 Å². The molecule has 2 saturated heterocycles. The van der Waals surface area contributed by atoms with Crippen molar-refractivity contribution in [3.8, 4) is 0 Å². The number of carboxylic acids is 1. The second-order valence-corrected chi connectivity index (χ2v) is 7.36. The Hall–Kier alpha value is -1.26. The van der Waals surface area contributed by atoms with Crippen LogP contribution >= 0.6 is 0 Å². The van der Waals surface area contributed by atoms with Crippen LogP contribution in [0.25, 0.3) is 0 Å². The second-order valence-electron chi connectivity index (χ2n) is 7.36. The molecule has 114 valence electrons. The number of nitrogens with zero attached hydrogens (tertiary/aromatic N) is 1. The summed E-state index contributed by atoms with van der Waals surface area (Å²) in [5.41, 5.74) is -1.44. The molecule has 20 heavy (non-hydrogen) atoms. The van der Waals surface area contributed by atoms with E-state index in [1.54, 1.807) is 11.8 Å². The molecule has 0 radical (unpaired) electrons. The number of piperidine rings is 1. The van der Waals surface area contributed by atoms with Gasteiger partial charge in [-0.15, -0.1) is 0 Å². The van der Waals surface area contributed by atoms with Gasteiger partial charge in [-0.2, -0.15) is 0 Å². The van der Waals surface area contributed by atoms with Crippen LogP contribution in [0.5, 0.6) is 0 Å². The van der Waals surface area contributed by atoms with Crippen LogP contribution < -0.4 is 0 Å². The zero-order valence-electron chi connectivity index (χ0n) is 13.0. The number of fused-ring (bicyclic) bond motifs is 2. The Morgan fingerprint density at radius 2 is 1.90 bits per heavy atom. The highest BCUT2D eigenvalue weighted by Gasteiger charge is 2.58. The predicted octanol–water partition coefficient (Wildman–Crippen LogP) is 2.89. The summed E-state index contributed by atoms with van der Waals surface area (Å²) < 4.78 is 5.46. The minimum absolute atomic E-state index is 0.0659. The van der Waals surface area contributed by atoms with Crippen molar-refractivity contribution < 1.29 is 19.4 Å². The molecule has 0 aromatic heterocycles. The highest BCUT2D eigenvalue weighted by atomic mass is 16.6. The number of rotatable bonds is 1. The van der Waals surface area contributed by atoms with Gasteiger partial charge in [0.05, 0.1) is 11.5 Å². The first-order valence-corrected chi connectivity index (χ1v) is 7.32. The molecular weight excluding hydrogens is 258 g/mol. The van der Waals surface area contributed by atoms with Crippen LogP contribution in [0.15, 0.2) is 0 Å². The van der Waals surface area contributed by atoms with Gasteiger partial charge in [0.25, 0.3) is 0 Å². The van der Waals surface area contributed by atoms with Crippen molar-refractivity contribution in [3.63, 3.8) is 0 Å². The molecule has 2 rings (SSSR count). The van der Waals surface area contributed by atoms with Crippen molar-refractivity contribution in [2.24, 2.45) is 11.3 Å². The molecule has 1 unspecified atom stereocenters. The van der Waals surface area contributed by atoms with E-state index >= 15 is 0 Å². The van der Waals surface area contributed by atoms with Crippen LogP contribution in [-0.2, 0) is 9.53 Å². The number of hydrogen-bond acceptors (Lipinski definition) is 3. The van der Waals surface area contributed by atoms with E-state index in [2.05, 4.69) is 0 Å². The van der Waals surface area contributed by atoms with Crippen molar-refractivity contribution in [1.29, 1.82) is 0 Å². The van der Waals surface area contributed by atoms with E-state index in [1.165, 1.54) is 0 Å². The van der Waals surface area contributed by atoms with Crippen molar-refractivity contribution in [1.82, 2.24) is 4.90 Å². The molecule has 2 heterocycles. The van der Waals surface area contributed by atoms with Crippen LogP contribution in [0.1, 0.15) is 53.9 Å². The molecule has 0 aliphatic carbocycles. The molecule has 2 aliphatic rings. The number of amides is 1. The maximum absolute atomic E-state index is 12.4. The first kappa shape index (κ1) is 15.1. The van der Waals surface area contributed by atoms with Gasteiger partial charge >= 0.3 is 12.1 Å². The smallest absolute Gasteiger partial charge is 0.410 e. The molecule has 0 aromatic rings. The standard InChI is InChI=1S/C15H25NO4/c1-9-8-10-6-7-11(15(9,5)12(17)18)16(10)13(19)20-14(2,3)4/h9-11H,6-8H2,1-5H3,(H,17,18)/t9?,10-,11+,15+/m0/s1. The minimum Gasteiger partial charge on any atom is -0.481 e. The van der Waals surface area contributed by atoms with Crippen molar-refractivity contribution in [2.75, 3.05) is 0 Å². The molecule has 1 N–H and O–H groups in total. The first-order valence-electron chi connectivity index (χ1n) is 7.32. The fourth-order valence-corrected chi connectivity index (χ4v) is 3.63. The third kappa shape index (κ3) is 2.27. The largest absolute Gasteiger partial charge is 0.481 e. The van der Waals surface area contributed by atoms with E-state index in [0.717, 1.165) is 19.3 Å². The normalized spacial score (nSPS) is 36.9. The van der Waals surface area contributed by atoms with E-state index in [0.29, 0.717) is 0 Å². The Kier molecular flexibility index (Phi) is 3.51. The van der Waals surface area contributed by atoms with Gasteiger partial charge < -0.3 is 14.7 Å². The van der Waals surface area contributed by atoms with Crippen LogP contribution in [0.4, 0.5) is 4.79 Å². The average molecular weight is 283 g/mol. The topological polar surface area (TPSA) is 66.8 Å². The number of carbonyl (C=O) groups is 2. The maximum Gasteiger partial charge on any atom is 0.410 e. The molecule has 5 nitrogen and oxygen atoms in total. The number of aliphatic carboxylic acids is 1. The fraction of sp³-hybridized carbons (Fsp3) is 0.867. The van der Waals surface area contributed by atoms with Crippen LogP contribution in [0, 0.1) is 11.3 Å². The number of hydrogen-bond donors (Lipinski definition) is 1. The molecule has 0 spiro atoms. The lowest BCUT2D eigenvalue weighted by atomic mass is 9.68. The molecule has 2 bridgehead atoms. The lowest BCUT2D eigenvalue weighted by Gasteiger charge is -2.48. The summed E-state index contributed by atoms with van der Waals surface area (Å²) in [6.07, 6.45) is 1.98. The predicted molar refractivity (Wildman–Crippen MR) is 74.4 cm³/mol. The maximum atomic E-state index is 12.4. The molecule has 0 saturated carbocycles. The van der Waals surface area contributed by atoms with E-state index in [4.69, 9.17) is 4.74 Å². The second kappa shape index (κ2) is 4.64. The Bertz CT molecular complexity index is 428. The number of carboxylic acid groups (broad SMARTS) is 1. The third-order valence-corrected chi connectivity index (χ3v) is 4.91. The Morgan fingerprint density at radius 1 is 1.30 bits per heavy atom. The van der Waals surface area contributed by atoms with Gasteiger partial charge in [-0.25, -0.2) is 4.79 Å². The average Bonchev–Trinajstić information content (AvgIpc) is 2.63. The molecular formula is C15H25NO4. The summed E-state index contributed by atoms with van der Waals surface area (Å²) in [4.78, 5) is 25.8. The van der Waals surface area contributed by atoms with Gasteiger partial charge in [-0.3, -0.25) is 4.79 Å². The summed E-state index contributed by atoms with van der Waals surface area (Å²) >= 11 is 0. The zero-order valence-corrected chi connectivity index (χ0v) is 13.0. The Balaban J connectivity index is 2.28. The SMILES string of the molecule is CC1C[C@@H]2CC[C@@H](N2C(=O)OC(C)(C)C)[C@]1(C)C(=O)O. The third-order valence-electron chi connectivity index (χ3n) is 4.91. The molecule has 1 amide bonds. The Labute approximate surface area is 120 Å². The lowest BCUT2D eigenvalue weighted by Crippen LogP contribution is -2.59. The quantitative estimate of drug-likeness (QED) is 0.803. The number of ether oxygens (including phenoxy) is 1. The van der Waals surface area contributed by atoms with Gasteiger partial charge in [0.2, 0.25) is 0 Å². The Morgan fingerprint density at radius 3 is 2.40 bits per heavy atom. The molecule has 2 fully saturated rings. The summed E-state index contributed by atoms with van der Waals surface area (Å²) in [5.74, 6) is -0.750. The van der Waals surface area contributed by atoms with Gasteiger partial charge in [0.1, 0.15) is 5.60 Å². The fourth-order valence-electron chi connectivity index (χ4n) is 3.63. The van der Waals surface area contributed by atoms with E-state index < -0.39 is 17.0 Å². The van der Waals surface area contributed by atoms with Gasteiger partial charge in [0.15, 0.2) is 0 Å². The van der Waals surface area contributed by atoms with Crippen LogP contribution in [0.3, 0.4) is 0 Å². The minimum atomic E-state index is -0.885. The van der Waals surface area contributed by atoms with Gasteiger partial charge in [0, 0.05) is 6.04 Å². The monoisotopic (exact) mass is 283 g/mol. The molecule has 2 aliphatic heterocycles. The summed E-state index contributed by atoms with van der Waals surface area (Å²) in [6, 6.07) is -0.138.